The van der Waals surface area contributed by atoms with Crippen LogP contribution in [-0.4, -0.2) is 33.4 Å². The Morgan fingerprint density at radius 1 is 1.56 bits per heavy atom. The topological polar surface area (TPSA) is 41.0 Å². The minimum absolute atomic E-state index is 0.111. The van der Waals surface area contributed by atoms with Crippen LogP contribution in [-0.2, 0) is 4.79 Å². The zero-order valence-electron chi connectivity index (χ0n) is 10.3. The third-order valence-electron chi connectivity index (χ3n) is 2.72. The zero-order chi connectivity index (χ0) is 12.3. The van der Waals surface area contributed by atoms with Crippen LogP contribution in [0.1, 0.15) is 32.5 Å². The van der Waals surface area contributed by atoms with Gasteiger partial charge in [0.05, 0.1) is 0 Å². The number of hydrogen-bond acceptors (Lipinski definition) is 2. The van der Waals surface area contributed by atoms with E-state index in [-0.39, 0.29) is 11.9 Å². The Morgan fingerprint density at radius 2 is 2.12 bits per heavy atom. The molecule has 1 N–H and O–H groups in total. The van der Waals surface area contributed by atoms with Gasteiger partial charge in [0.2, 0.25) is 5.91 Å². The number of carbonyl (C=O) groups is 1. The molecule has 0 fully saturated rings. The van der Waals surface area contributed by atoms with Crippen molar-refractivity contribution in [1.29, 1.82) is 0 Å². The number of aromatic amines is 1. The second kappa shape index (κ2) is 5.30. The Kier molecular flexibility index (Phi) is 4.29. The summed E-state index contributed by atoms with van der Waals surface area (Å²) >= 11 is 5.16. The first-order chi connectivity index (χ1) is 7.51. The molecule has 0 aromatic carbocycles. The fourth-order valence-electron chi connectivity index (χ4n) is 1.74. The number of amides is 1. The molecule has 1 aromatic rings. The predicted octanol–water partition coefficient (Wildman–Crippen LogP) is 2.28. The molecular formula is C11H19N3OS. The molecule has 90 valence electrons. The van der Waals surface area contributed by atoms with E-state index in [4.69, 9.17) is 12.2 Å². The van der Waals surface area contributed by atoms with Crippen LogP contribution in [0.25, 0.3) is 0 Å². The highest BCUT2D eigenvalue weighted by Gasteiger charge is 2.20. The van der Waals surface area contributed by atoms with Gasteiger partial charge in [-0.1, -0.05) is 0 Å². The van der Waals surface area contributed by atoms with E-state index < -0.39 is 0 Å². The first-order valence-corrected chi connectivity index (χ1v) is 5.98. The molecule has 16 heavy (non-hydrogen) atoms. The molecule has 0 saturated carbocycles. The fraction of sp³-hybridized carbons (Fsp3) is 0.636. The molecule has 1 heterocycles. The van der Waals surface area contributed by atoms with E-state index in [1.165, 1.54) is 0 Å². The van der Waals surface area contributed by atoms with Gasteiger partial charge in [-0.25, -0.2) is 0 Å². The predicted molar refractivity (Wildman–Crippen MR) is 67.0 cm³/mol. The molecule has 5 heteroatoms. The molecule has 0 aliphatic rings. The number of likely N-dealkylation sites (N-methyl/N-ethyl adjacent to an activating group) is 1. The van der Waals surface area contributed by atoms with Crippen LogP contribution < -0.4 is 0 Å². The molecule has 0 bridgehead atoms. The first-order valence-electron chi connectivity index (χ1n) is 5.57. The van der Waals surface area contributed by atoms with Crippen molar-refractivity contribution in [2.24, 2.45) is 0 Å². The third-order valence-corrected chi connectivity index (χ3v) is 3.03. The number of nitrogens with zero attached hydrogens (tertiary/aromatic N) is 2. The summed E-state index contributed by atoms with van der Waals surface area (Å²) in [5, 5.41) is 0. The quantitative estimate of drug-likeness (QED) is 0.822. The summed E-state index contributed by atoms with van der Waals surface area (Å²) in [4.78, 5) is 17.0. The largest absolute Gasteiger partial charge is 0.341 e. The van der Waals surface area contributed by atoms with Gasteiger partial charge in [0, 0.05) is 25.0 Å². The van der Waals surface area contributed by atoms with Gasteiger partial charge < -0.3 is 14.5 Å². The molecule has 1 atom stereocenters. The Bertz CT molecular complexity index is 417. The lowest BCUT2D eigenvalue weighted by atomic mass is 10.3. The second-order valence-electron chi connectivity index (χ2n) is 3.84. The second-order valence-corrected chi connectivity index (χ2v) is 4.22. The highest BCUT2D eigenvalue weighted by atomic mass is 32.1. The number of nitrogens with one attached hydrogen (secondary N) is 1. The summed E-state index contributed by atoms with van der Waals surface area (Å²) in [6, 6.07) is -0.239. The molecule has 0 spiro atoms. The van der Waals surface area contributed by atoms with Crippen molar-refractivity contribution in [1.82, 2.24) is 14.5 Å². The molecule has 0 radical (unpaired) electrons. The summed E-state index contributed by atoms with van der Waals surface area (Å²) in [7, 11) is 0. The van der Waals surface area contributed by atoms with Gasteiger partial charge in [-0.15, -0.1) is 0 Å². The lowest BCUT2D eigenvalue weighted by Gasteiger charge is -2.23. The molecule has 0 aliphatic heterocycles. The molecule has 0 saturated heterocycles. The van der Waals surface area contributed by atoms with Gasteiger partial charge >= 0.3 is 0 Å². The number of carbonyl (C=O) groups excluding carboxylic acids is 1. The van der Waals surface area contributed by atoms with Crippen LogP contribution >= 0.6 is 12.2 Å². The van der Waals surface area contributed by atoms with Crippen molar-refractivity contribution >= 4 is 18.1 Å². The van der Waals surface area contributed by atoms with Crippen molar-refractivity contribution in [2.75, 3.05) is 13.1 Å². The molecule has 1 rings (SSSR count). The molecular weight excluding hydrogens is 222 g/mol. The maximum atomic E-state index is 12.1. The molecule has 0 aliphatic carbocycles. The van der Waals surface area contributed by atoms with Gasteiger partial charge in [-0.2, -0.15) is 0 Å². The van der Waals surface area contributed by atoms with E-state index in [1.54, 1.807) is 0 Å². The summed E-state index contributed by atoms with van der Waals surface area (Å²) in [6.07, 6.45) is 1.88. The van der Waals surface area contributed by atoms with Gasteiger partial charge in [0.15, 0.2) is 4.77 Å². The maximum Gasteiger partial charge on any atom is 0.245 e. The van der Waals surface area contributed by atoms with Crippen molar-refractivity contribution in [3.63, 3.8) is 0 Å². The van der Waals surface area contributed by atoms with E-state index in [9.17, 15) is 4.79 Å². The number of hydrogen-bond donors (Lipinski definition) is 1. The molecule has 1 unspecified atom stereocenters. The Balaban J connectivity index is 2.93. The monoisotopic (exact) mass is 241 g/mol. The van der Waals surface area contributed by atoms with Crippen LogP contribution in [0.2, 0.25) is 0 Å². The number of H-pyrrole nitrogens is 1. The summed E-state index contributed by atoms with van der Waals surface area (Å²) < 4.78 is 2.41. The molecule has 1 amide bonds. The van der Waals surface area contributed by atoms with E-state index in [0.717, 1.165) is 18.8 Å². The third kappa shape index (κ3) is 2.52. The Labute approximate surface area is 101 Å². The summed E-state index contributed by atoms with van der Waals surface area (Å²) in [5.41, 5.74) is 0.976. The van der Waals surface area contributed by atoms with Crippen molar-refractivity contribution in [3.05, 3.63) is 16.7 Å². The van der Waals surface area contributed by atoms with E-state index >= 15 is 0 Å². The van der Waals surface area contributed by atoms with Crippen molar-refractivity contribution in [3.8, 4) is 0 Å². The van der Waals surface area contributed by atoms with Crippen LogP contribution in [0.4, 0.5) is 0 Å². The highest BCUT2D eigenvalue weighted by molar-refractivity contribution is 7.71. The lowest BCUT2D eigenvalue weighted by Crippen LogP contribution is -2.35. The van der Waals surface area contributed by atoms with Gasteiger partial charge in [-0.3, -0.25) is 4.79 Å². The van der Waals surface area contributed by atoms with Crippen molar-refractivity contribution in [2.45, 2.75) is 33.7 Å². The fourth-order valence-corrected chi connectivity index (χ4v) is 2.11. The normalized spacial score (nSPS) is 12.5. The van der Waals surface area contributed by atoms with E-state index in [1.807, 2.05) is 43.4 Å². The number of aromatic nitrogens is 2. The van der Waals surface area contributed by atoms with E-state index in [2.05, 4.69) is 4.98 Å². The highest BCUT2D eigenvalue weighted by Crippen LogP contribution is 2.12. The average molecular weight is 241 g/mol. The van der Waals surface area contributed by atoms with E-state index in [0.29, 0.717) is 4.77 Å². The smallest absolute Gasteiger partial charge is 0.245 e. The molecule has 1 aromatic heterocycles. The minimum Gasteiger partial charge on any atom is -0.341 e. The lowest BCUT2D eigenvalue weighted by molar-refractivity contribution is -0.133. The Morgan fingerprint density at radius 3 is 2.50 bits per heavy atom. The number of rotatable bonds is 4. The van der Waals surface area contributed by atoms with Crippen LogP contribution in [0.15, 0.2) is 6.20 Å². The number of imidazole rings is 1. The number of aryl methyl sites for hydroxylation is 1. The first kappa shape index (κ1) is 13.0. The van der Waals surface area contributed by atoms with Crippen LogP contribution in [0.3, 0.4) is 0 Å². The van der Waals surface area contributed by atoms with Crippen molar-refractivity contribution < 1.29 is 4.79 Å². The Hall–Kier alpha value is -1.10. The van der Waals surface area contributed by atoms with Crippen LogP contribution in [0.5, 0.6) is 0 Å². The van der Waals surface area contributed by atoms with Crippen LogP contribution in [0, 0.1) is 11.7 Å². The standard InChI is InChI=1S/C11H19N3OS/c1-5-13(6-2)10(15)9(4)14-7-8(3)12-11(14)16/h7,9H,5-6H2,1-4H3,(H,12,16). The summed E-state index contributed by atoms with van der Waals surface area (Å²) in [5.74, 6) is 0.111. The maximum absolute atomic E-state index is 12.1. The zero-order valence-corrected chi connectivity index (χ0v) is 11.1. The molecule has 4 nitrogen and oxygen atoms in total. The SMILES string of the molecule is CCN(CC)C(=O)C(C)n1cc(C)[nH]c1=S. The van der Waals surface area contributed by atoms with Gasteiger partial charge in [0.25, 0.3) is 0 Å². The van der Waals surface area contributed by atoms with Gasteiger partial charge in [-0.05, 0) is 39.9 Å². The minimum atomic E-state index is -0.239. The summed E-state index contributed by atoms with van der Waals surface area (Å²) in [6.45, 7) is 9.24. The van der Waals surface area contributed by atoms with Gasteiger partial charge in [0.1, 0.15) is 6.04 Å². The average Bonchev–Trinajstić information content (AvgIpc) is 2.58.